The van der Waals surface area contributed by atoms with E-state index in [4.69, 9.17) is 34.0 Å². The largest absolute Gasteiger partial charge is 0.465 e. The Morgan fingerprint density at radius 1 is 0.644 bits per heavy atom. The summed E-state index contributed by atoms with van der Waals surface area (Å²) in [7, 11) is 0. The van der Waals surface area contributed by atoms with Crippen LogP contribution in [0.5, 0.6) is 0 Å². The fourth-order valence-electron chi connectivity index (χ4n) is 3.55. The summed E-state index contributed by atoms with van der Waals surface area (Å²) >= 11 is 0. The second kappa shape index (κ2) is 26.3. The van der Waals surface area contributed by atoms with Gasteiger partial charge in [-0.1, -0.05) is 53.1 Å². The number of carbonyl (C=O) groups is 4. The van der Waals surface area contributed by atoms with Gasteiger partial charge in [-0.15, -0.1) is 0 Å². The maximum atomic E-state index is 13.0. The number of nitrogens with one attached hydrogen (secondary N) is 1. The van der Waals surface area contributed by atoms with Crippen LogP contribution in [0.25, 0.3) is 10.4 Å². The number of nitrogens with zero attached hydrogens (tertiary/aromatic N) is 3. The zero-order valence-corrected chi connectivity index (χ0v) is 28.2. The number of esters is 3. The lowest BCUT2D eigenvalue weighted by atomic mass is 10.0. The number of hydrogen-bond donors (Lipinski definition) is 1. The van der Waals surface area contributed by atoms with Crippen LogP contribution in [-0.4, -0.2) is 95.4 Å². The van der Waals surface area contributed by atoms with Crippen molar-refractivity contribution in [3.8, 4) is 0 Å². The van der Waals surface area contributed by atoms with Gasteiger partial charge in [-0.25, -0.2) is 0 Å². The molecule has 0 aromatic heterocycles. The van der Waals surface area contributed by atoms with E-state index < -0.39 is 23.4 Å². The lowest BCUT2D eigenvalue weighted by Crippen LogP contribution is -2.58. The topological polar surface area (TPSA) is 184 Å². The smallest absolute Gasteiger partial charge is 0.308 e. The molecule has 14 heteroatoms. The van der Waals surface area contributed by atoms with Crippen LogP contribution in [0.15, 0.2) is 5.11 Å². The van der Waals surface area contributed by atoms with E-state index in [1.165, 1.54) is 0 Å². The van der Waals surface area contributed by atoms with Gasteiger partial charge in [-0.3, -0.25) is 19.2 Å². The second-order valence-corrected chi connectivity index (χ2v) is 12.2. The summed E-state index contributed by atoms with van der Waals surface area (Å²) in [5, 5.41) is 6.48. The van der Waals surface area contributed by atoms with Crippen molar-refractivity contribution >= 4 is 23.8 Å². The molecular formula is C31H56N4O10. The van der Waals surface area contributed by atoms with Crippen LogP contribution in [0.4, 0.5) is 0 Å². The molecule has 1 N–H and O–H groups in total. The monoisotopic (exact) mass is 644 g/mol. The van der Waals surface area contributed by atoms with Crippen LogP contribution in [0.3, 0.4) is 0 Å². The SMILES string of the molecule is CC(C)COC(=O)CCOCC(COCCC(=O)OCC(C)C)(COCCC(=O)OCC(C)C)NC(=O)CCCCCN=[N+]=[N-]. The van der Waals surface area contributed by atoms with Crippen molar-refractivity contribution in [3.05, 3.63) is 10.4 Å². The van der Waals surface area contributed by atoms with Gasteiger partial charge >= 0.3 is 17.9 Å². The third-order valence-electron chi connectivity index (χ3n) is 5.85. The first-order chi connectivity index (χ1) is 21.4. The molecule has 0 aromatic rings. The molecule has 14 nitrogen and oxygen atoms in total. The van der Waals surface area contributed by atoms with Gasteiger partial charge in [0.05, 0.1) is 78.7 Å². The normalized spacial score (nSPS) is 11.4. The Bertz CT molecular complexity index is 813. The highest BCUT2D eigenvalue weighted by Crippen LogP contribution is 2.13. The Hall–Kier alpha value is -2.93. The van der Waals surface area contributed by atoms with Crippen molar-refractivity contribution in [3.63, 3.8) is 0 Å². The van der Waals surface area contributed by atoms with Crippen molar-refractivity contribution < 1.29 is 47.6 Å². The lowest BCUT2D eigenvalue weighted by molar-refractivity contribution is -0.147. The van der Waals surface area contributed by atoms with E-state index in [0.29, 0.717) is 45.6 Å². The van der Waals surface area contributed by atoms with Gasteiger partial charge in [0.25, 0.3) is 0 Å². The molecule has 0 aliphatic carbocycles. The number of amides is 1. The van der Waals surface area contributed by atoms with Gasteiger partial charge in [0.15, 0.2) is 0 Å². The van der Waals surface area contributed by atoms with E-state index in [1.54, 1.807) is 0 Å². The highest BCUT2D eigenvalue weighted by atomic mass is 16.5. The third kappa shape index (κ3) is 26.0. The number of rotatable bonds is 28. The minimum absolute atomic E-state index is 0.0209. The zero-order valence-electron chi connectivity index (χ0n) is 28.2. The Balaban J connectivity index is 5.45. The Morgan fingerprint density at radius 3 is 1.40 bits per heavy atom. The van der Waals surface area contributed by atoms with E-state index in [1.807, 2.05) is 41.5 Å². The molecule has 0 bridgehead atoms. The number of unbranched alkanes of at least 4 members (excludes halogenated alkanes) is 2. The Kier molecular flexibility index (Phi) is 24.6. The van der Waals surface area contributed by atoms with Crippen LogP contribution in [0.2, 0.25) is 0 Å². The van der Waals surface area contributed by atoms with Crippen LogP contribution < -0.4 is 5.32 Å². The summed E-state index contributed by atoms with van der Waals surface area (Å²) in [6.45, 7) is 12.8. The van der Waals surface area contributed by atoms with Gasteiger partial charge in [0, 0.05) is 17.9 Å². The standard InChI is InChI=1S/C31H56N4O10/c1-24(2)18-43-28(37)11-15-40-21-31(22-41-16-12-29(38)44-19-25(3)4,23-42-17-13-30(39)45-20-26(5)6)34-27(36)10-8-7-9-14-33-35-32/h24-26H,7-23H2,1-6H3,(H,34,36). The quantitative estimate of drug-likeness (QED) is 0.0317. The molecule has 0 aromatic carbocycles. The summed E-state index contributed by atoms with van der Waals surface area (Å²) in [5.41, 5.74) is 7.24. The first-order valence-electron chi connectivity index (χ1n) is 15.9. The average molecular weight is 645 g/mol. The molecule has 0 unspecified atom stereocenters. The van der Waals surface area contributed by atoms with Gasteiger partial charge in [0.1, 0.15) is 5.54 Å². The van der Waals surface area contributed by atoms with Gasteiger partial charge in [-0.05, 0) is 36.1 Å². The first kappa shape index (κ1) is 42.1. The first-order valence-corrected chi connectivity index (χ1v) is 15.9. The molecular weight excluding hydrogens is 588 g/mol. The summed E-state index contributed by atoms with van der Waals surface area (Å²) in [6.07, 6.45) is 2.18. The summed E-state index contributed by atoms with van der Waals surface area (Å²) in [4.78, 5) is 52.0. The molecule has 0 saturated heterocycles. The van der Waals surface area contributed by atoms with E-state index in [2.05, 4.69) is 15.3 Å². The second-order valence-electron chi connectivity index (χ2n) is 12.2. The van der Waals surface area contributed by atoms with Crippen molar-refractivity contribution in [2.75, 3.05) is 66.0 Å². The van der Waals surface area contributed by atoms with Gasteiger partial charge < -0.3 is 33.7 Å². The highest BCUT2D eigenvalue weighted by Gasteiger charge is 2.34. The molecule has 0 fully saturated rings. The van der Waals surface area contributed by atoms with Crippen LogP contribution >= 0.6 is 0 Å². The predicted octanol–water partition coefficient (Wildman–Crippen LogP) is 4.53. The zero-order chi connectivity index (χ0) is 33.9. The Morgan fingerprint density at radius 2 is 1.04 bits per heavy atom. The molecule has 1 amide bonds. The maximum absolute atomic E-state index is 13.0. The summed E-state index contributed by atoms with van der Waals surface area (Å²) in [6, 6.07) is 0. The van der Waals surface area contributed by atoms with Crippen LogP contribution in [-0.2, 0) is 47.6 Å². The van der Waals surface area contributed by atoms with E-state index >= 15 is 0 Å². The highest BCUT2D eigenvalue weighted by molar-refractivity contribution is 5.77. The fourth-order valence-corrected chi connectivity index (χ4v) is 3.55. The van der Waals surface area contributed by atoms with Gasteiger partial charge in [0.2, 0.25) is 5.91 Å². The molecule has 0 radical (unpaired) electrons. The molecule has 0 saturated carbocycles. The average Bonchev–Trinajstić information content (AvgIpc) is 2.98. The molecule has 260 valence electrons. The number of azide groups is 1. The van der Waals surface area contributed by atoms with E-state index in [9.17, 15) is 19.2 Å². The lowest BCUT2D eigenvalue weighted by Gasteiger charge is -2.34. The fraction of sp³-hybridized carbons (Fsp3) is 0.871. The molecule has 45 heavy (non-hydrogen) atoms. The molecule has 0 heterocycles. The third-order valence-corrected chi connectivity index (χ3v) is 5.85. The predicted molar refractivity (Wildman–Crippen MR) is 167 cm³/mol. The minimum atomic E-state index is -1.19. The van der Waals surface area contributed by atoms with Crippen molar-refractivity contribution in [2.45, 2.75) is 92.0 Å². The minimum Gasteiger partial charge on any atom is -0.465 e. The molecule has 0 aliphatic heterocycles. The molecule has 0 rings (SSSR count). The Labute approximate surface area is 268 Å². The summed E-state index contributed by atoms with van der Waals surface area (Å²) < 4.78 is 33.1. The van der Waals surface area contributed by atoms with E-state index in [0.717, 1.165) is 0 Å². The van der Waals surface area contributed by atoms with Crippen molar-refractivity contribution in [1.29, 1.82) is 0 Å². The maximum Gasteiger partial charge on any atom is 0.308 e. The van der Waals surface area contributed by atoms with E-state index in [-0.39, 0.29) is 89.0 Å². The molecule has 0 aliphatic rings. The number of ether oxygens (including phenoxy) is 6. The van der Waals surface area contributed by atoms with Gasteiger partial charge in [-0.2, -0.15) is 0 Å². The number of hydrogen-bond acceptors (Lipinski definition) is 11. The van der Waals surface area contributed by atoms with Crippen molar-refractivity contribution in [2.24, 2.45) is 22.9 Å². The molecule has 0 spiro atoms. The summed E-state index contributed by atoms with van der Waals surface area (Å²) in [5.74, 6) is -0.855. The van der Waals surface area contributed by atoms with Crippen molar-refractivity contribution in [1.82, 2.24) is 5.32 Å². The number of carbonyl (C=O) groups excluding carboxylic acids is 4. The van der Waals surface area contributed by atoms with Crippen LogP contribution in [0.1, 0.15) is 86.5 Å². The van der Waals surface area contributed by atoms with Crippen LogP contribution in [0, 0.1) is 17.8 Å². The molecule has 0 atom stereocenters.